The van der Waals surface area contributed by atoms with Gasteiger partial charge in [0.05, 0.1) is 7.11 Å². The van der Waals surface area contributed by atoms with E-state index in [2.05, 4.69) is 4.98 Å². The summed E-state index contributed by atoms with van der Waals surface area (Å²) in [4.78, 5) is 23.8. The molecule has 1 saturated heterocycles. The van der Waals surface area contributed by atoms with Crippen LogP contribution >= 0.6 is 0 Å². The van der Waals surface area contributed by atoms with Crippen LogP contribution < -0.4 is 4.74 Å². The van der Waals surface area contributed by atoms with Crippen LogP contribution in [-0.2, 0) is 0 Å². The number of fused-ring (bicyclic) bond motifs is 1. The molecule has 0 spiro atoms. The predicted molar refractivity (Wildman–Crippen MR) is 122 cm³/mol. The van der Waals surface area contributed by atoms with E-state index in [1.54, 1.807) is 23.9 Å². The van der Waals surface area contributed by atoms with Gasteiger partial charge >= 0.3 is 0 Å². The lowest BCUT2D eigenvalue weighted by Gasteiger charge is -2.31. The highest BCUT2D eigenvalue weighted by atomic mass is 19.1. The zero-order valence-electron chi connectivity index (χ0n) is 18.5. The summed E-state index contributed by atoms with van der Waals surface area (Å²) < 4.78 is 20.9. The second-order valence-corrected chi connectivity index (χ2v) is 8.34. The van der Waals surface area contributed by atoms with Crippen molar-refractivity contribution in [2.75, 3.05) is 20.2 Å². The van der Waals surface area contributed by atoms with Crippen molar-refractivity contribution in [1.82, 2.24) is 24.5 Å². The van der Waals surface area contributed by atoms with Gasteiger partial charge in [0.1, 0.15) is 17.3 Å². The van der Waals surface area contributed by atoms with Gasteiger partial charge in [0.2, 0.25) is 0 Å². The minimum Gasteiger partial charge on any atom is -0.496 e. The Labute approximate surface area is 190 Å². The SMILES string of the molecule is COc1ccc(F)cc1-c1ccc2nc([C@@H]3CCCN(C(=O)c4cc(C)ccn4)C3)nn2c1. The van der Waals surface area contributed by atoms with Gasteiger partial charge in [-0.3, -0.25) is 9.78 Å². The first-order valence-electron chi connectivity index (χ1n) is 10.9. The molecule has 8 heteroatoms. The highest BCUT2D eigenvalue weighted by Crippen LogP contribution is 2.31. The highest BCUT2D eigenvalue weighted by molar-refractivity contribution is 5.92. The number of halogens is 1. The molecular weight excluding hydrogens is 421 g/mol. The first kappa shape index (κ1) is 21.1. The monoisotopic (exact) mass is 445 g/mol. The Bertz CT molecular complexity index is 1340. The smallest absolute Gasteiger partial charge is 0.272 e. The molecule has 168 valence electrons. The van der Waals surface area contributed by atoms with Gasteiger partial charge in [-0.2, -0.15) is 5.10 Å². The number of benzene rings is 1. The van der Waals surface area contributed by atoms with E-state index in [0.29, 0.717) is 41.6 Å². The second-order valence-electron chi connectivity index (χ2n) is 8.34. The Morgan fingerprint density at radius 1 is 1.18 bits per heavy atom. The number of aromatic nitrogens is 4. The van der Waals surface area contributed by atoms with Crippen LogP contribution in [0.4, 0.5) is 4.39 Å². The van der Waals surface area contributed by atoms with Gasteiger partial charge in [-0.1, -0.05) is 0 Å². The molecule has 0 N–H and O–H groups in total. The Morgan fingerprint density at radius 2 is 2.06 bits per heavy atom. The largest absolute Gasteiger partial charge is 0.496 e. The normalized spacial score (nSPS) is 16.2. The molecule has 5 rings (SSSR count). The molecular formula is C25H24FN5O2. The third-order valence-electron chi connectivity index (χ3n) is 6.03. The molecule has 1 aliphatic rings. The molecule has 1 fully saturated rings. The van der Waals surface area contributed by atoms with Crippen molar-refractivity contribution in [1.29, 1.82) is 0 Å². The van der Waals surface area contributed by atoms with E-state index in [1.165, 1.54) is 12.1 Å². The van der Waals surface area contributed by atoms with Gasteiger partial charge < -0.3 is 9.64 Å². The number of likely N-dealkylation sites (tertiary alicyclic amines) is 1. The van der Waals surface area contributed by atoms with Gasteiger partial charge in [-0.15, -0.1) is 0 Å². The van der Waals surface area contributed by atoms with E-state index < -0.39 is 0 Å². The van der Waals surface area contributed by atoms with Crippen LogP contribution in [0.5, 0.6) is 5.75 Å². The molecule has 0 radical (unpaired) electrons. The fourth-order valence-electron chi connectivity index (χ4n) is 4.33. The van der Waals surface area contributed by atoms with Crippen molar-refractivity contribution in [3.8, 4) is 16.9 Å². The summed E-state index contributed by atoms with van der Waals surface area (Å²) >= 11 is 0. The molecule has 0 aliphatic carbocycles. The number of carbonyl (C=O) groups is 1. The molecule has 3 aromatic heterocycles. The predicted octanol–water partition coefficient (Wildman–Crippen LogP) is 4.27. The minimum absolute atomic E-state index is 0.0413. The number of ether oxygens (including phenoxy) is 1. The third kappa shape index (κ3) is 4.16. The lowest BCUT2D eigenvalue weighted by atomic mass is 9.97. The topological polar surface area (TPSA) is 72.6 Å². The second kappa shape index (κ2) is 8.61. The first-order valence-corrected chi connectivity index (χ1v) is 10.9. The Kier molecular flexibility index (Phi) is 5.50. The third-order valence-corrected chi connectivity index (χ3v) is 6.03. The summed E-state index contributed by atoms with van der Waals surface area (Å²) in [6.45, 7) is 3.20. The summed E-state index contributed by atoms with van der Waals surface area (Å²) in [6, 6.07) is 11.9. The lowest BCUT2D eigenvalue weighted by molar-refractivity contribution is 0.0698. The standard InChI is InChI=1S/C25H24FN5O2/c1-16-9-10-27-21(12-16)25(32)30-11-3-4-18(14-30)24-28-23-8-5-17(15-31(23)29-24)20-13-19(26)6-7-22(20)33-2/h5-10,12-13,15,18H,3-4,11,14H2,1-2H3/t18-/m1/s1. The number of piperidine rings is 1. The summed E-state index contributed by atoms with van der Waals surface area (Å²) in [5.41, 5.74) is 3.60. The van der Waals surface area contributed by atoms with E-state index in [-0.39, 0.29) is 17.6 Å². The van der Waals surface area contributed by atoms with Crippen LogP contribution in [0.25, 0.3) is 16.8 Å². The fraction of sp³-hybridized carbons (Fsp3) is 0.280. The number of pyridine rings is 2. The van der Waals surface area contributed by atoms with Crippen molar-refractivity contribution in [3.05, 3.63) is 77.8 Å². The molecule has 4 heterocycles. The molecule has 1 aliphatic heterocycles. The zero-order chi connectivity index (χ0) is 22.9. The van der Waals surface area contributed by atoms with Crippen molar-refractivity contribution < 1.29 is 13.9 Å². The average molecular weight is 445 g/mol. The molecule has 33 heavy (non-hydrogen) atoms. The number of nitrogens with zero attached hydrogens (tertiary/aromatic N) is 5. The van der Waals surface area contributed by atoms with Crippen LogP contribution in [0.15, 0.2) is 54.9 Å². The van der Waals surface area contributed by atoms with Crippen molar-refractivity contribution in [2.24, 2.45) is 0 Å². The molecule has 1 amide bonds. The lowest BCUT2D eigenvalue weighted by Crippen LogP contribution is -2.39. The maximum absolute atomic E-state index is 13.8. The molecule has 0 bridgehead atoms. The van der Waals surface area contributed by atoms with Crippen LogP contribution in [0, 0.1) is 12.7 Å². The van der Waals surface area contributed by atoms with Gasteiger partial charge in [0.25, 0.3) is 5.91 Å². The maximum Gasteiger partial charge on any atom is 0.272 e. The summed E-state index contributed by atoms with van der Waals surface area (Å²) in [7, 11) is 1.56. The van der Waals surface area contributed by atoms with Gasteiger partial charge in [0.15, 0.2) is 11.5 Å². The van der Waals surface area contributed by atoms with E-state index in [4.69, 9.17) is 14.8 Å². The van der Waals surface area contributed by atoms with Crippen molar-refractivity contribution in [2.45, 2.75) is 25.7 Å². The molecule has 1 aromatic carbocycles. The van der Waals surface area contributed by atoms with Crippen LogP contribution in [0.1, 0.15) is 40.6 Å². The summed E-state index contributed by atoms with van der Waals surface area (Å²) in [5.74, 6) is 0.933. The zero-order valence-corrected chi connectivity index (χ0v) is 18.5. The van der Waals surface area contributed by atoms with Crippen LogP contribution in [0.2, 0.25) is 0 Å². The fourth-order valence-corrected chi connectivity index (χ4v) is 4.33. The van der Waals surface area contributed by atoms with Gasteiger partial charge in [-0.25, -0.2) is 13.9 Å². The quantitative estimate of drug-likeness (QED) is 0.469. The summed E-state index contributed by atoms with van der Waals surface area (Å²) in [5, 5.41) is 4.70. The molecule has 0 unspecified atom stereocenters. The Balaban J connectivity index is 1.41. The number of hydrogen-bond acceptors (Lipinski definition) is 5. The number of methoxy groups -OCH3 is 1. The molecule has 4 aromatic rings. The van der Waals surface area contributed by atoms with E-state index >= 15 is 0 Å². The number of carbonyl (C=O) groups excluding carboxylic acids is 1. The molecule has 7 nitrogen and oxygen atoms in total. The number of amides is 1. The van der Waals surface area contributed by atoms with Gasteiger partial charge in [-0.05, 0) is 67.8 Å². The average Bonchev–Trinajstić information content (AvgIpc) is 3.27. The van der Waals surface area contributed by atoms with Crippen LogP contribution in [-0.4, -0.2) is 50.6 Å². The number of rotatable bonds is 4. The van der Waals surface area contributed by atoms with E-state index in [9.17, 15) is 9.18 Å². The molecule has 1 atom stereocenters. The van der Waals surface area contributed by atoms with Crippen molar-refractivity contribution >= 4 is 11.6 Å². The van der Waals surface area contributed by atoms with E-state index in [1.807, 2.05) is 42.3 Å². The maximum atomic E-state index is 13.8. The van der Waals surface area contributed by atoms with Gasteiger partial charge in [0, 0.05) is 42.5 Å². The molecule has 0 saturated carbocycles. The first-order chi connectivity index (χ1) is 16.0. The summed E-state index contributed by atoms with van der Waals surface area (Å²) in [6.07, 6.45) is 5.28. The van der Waals surface area contributed by atoms with Crippen molar-refractivity contribution in [3.63, 3.8) is 0 Å². The number of aryl methyl sites for hydroxylation is 1. The van der Waals surface area contributed by atoms with E-state index in [0.717, 1.165) is 24.0 Å². The highest BCUT2D eigenvalue weighted by Gasteiger charge is 2.28. The Morgan fingerprint density at radius 3 is 2.88 bits per heavy atom. The minimum atomic E-state index is -0.333. The Hall–Kier alpha value is -3.81. The number of hydrogen-bond donors (Lipinski definition) is 0. The van der Waals surface area contributed by atoms with Crippen LogP contribution in [0.3, 0.4) is 0 Å².